The molecule has 0 aliphatic heterocycles. The summed E-state index contributed by atoms with van der Waals surface area (Å²) in [5, 5.41) is 0. The third-order valence-electron chi connectivity index (χ3n) is 6.37. The summed E-state index contributed by atoms with van der Waals surface area (Å²) >= 11 is 0. The van der Waals surface area contributed by atoms with E-state index in [-0.39, 0.29) is 0 Å². The van der Waals surface area contributed by atoms with Crippen LogP contribution < -0.4 is 0 Å². The SMILES string of the molecule is C1=C[C@H]2[C@H]3CCC[C@H]3[C@H]3[C@@H]1[C@]32C1CC1. The van der Waals surface area contributed by atoms with Gasteiger partial charge in [-0.2, -0.15) is 0 Å². The van der Waals surface area contributed by atoms with E-state index in [4.69, 9.17) is 0 Å². The molecule has 5 aliphatic carbocycles. The Hall–Kier alpha value is -0.260. The first kappa shape index (κ1) is 7.09. The van der Waals surface area contributed by atoms with E-state index < -0.39 is 0 Å². The van der Waals surface area contributed by atoms with Crippen molar-refractivity contribution < 1.29 is 0 Å². The Morgan fingerprint density at radius 2 is 1.64 bits per heavy atom. The second-order valence-corrected chi connectivity index (χ2v) is 6.50. The molecule has 0 spiro atoms. The number of rotatable bonds is 1. The molecule has 0 unspecified atom stereocenters. The number of hydrogen-bond acceptors (Lipinski definition) is 0. The maximum Gasteiger partial charge on any atom is -0.0101 e. The van der Waals surface area contributed by atoms with Crippen LogP contribution in [0.4, 0.5) is 0 Å². The monoisotopic (exact) mass is 186 g/mol. The van der Waals surface area contributed by atoms with Gasteiger partial charge in [-0.1, -0.05) is 18.6 Å². The van der Waals surface area contributed by atoms with Crippen LogP contribution in [0, 0.1) is 40.9 Å². The largest absolute Gasteiger partial charge is 0.0842 e. The summed E-state index contributed by atoms with van der Waals surface area (Å²) in [6.07, 6.45) is 13.1. The summed E-state index contributed by atoms with van der Waals surface area (Å²) < 4.78 is 0. The zero-order chi connectivity index (χ0) is 8.91. The van der Waals surface area contributed by atoms with Crippen LogP contribution in [0.1, 0.15) is 32.1 Å². The fourth-order valence-corrected chi connectivity index (χ4v) is 6.08. The first-order valence-electron chi connectivity index (χ1n) is 6.62. The lowest BCUT2D eigenvalue weighted by molar-refractivity contribution is 0.266. The van der Waals surface area contributed by atoms with Gasteiger partial charge in [-0.25, -0.2) is 0 Å². The Kier molecular flexibility index (Phi) is 0.941. The van der Waals surface area contributed by atoms with E-state index in [1.54, 1.807) is 32.1 Å². The standard InChI is InChI=1S/C14H18/c1-2-9-10(3-1)13-12-7-6-11(9)14(12,13)8-4-5-8/h6-13H,1-5H2/t9-,10+,11-,12+,13-,14+/m0/s1. The Labute approximate surface area is 85.8 Å². The molecule has 0 bridgehead atoms. The lowest BCUT2D eigenvalue weighted by Gasteiger charge is -2.23. The molecule has 0 N–H and O–H groups in total. The Morgan fingerprint density at radius 1 is 0.857 bits per heavy atom. The van der Waals surface area contributed by atoms with Crippen molar-refractivity contribution >= 4 is 0 Å². The van der Waals surface area contributed by atoms with Crippen molar-refractivity contribution in [2.24, 2.45) is 40.9 Å². The predicted molar refractivity (Wildman–Crippen MR) is 55.6 cm³/mol. The molecular weight excluding hydrogens is 168 g/mol. The molecule has 0 aromatic carbocycles. The molecule has 0 aromatic rings. The molecule has 4 fully saturated rings. The summed E-state index contributed by atoms with van der Waals surface area (Å²) in [6.45, 7) is 0. The van der Waals surface area contributed by atoms with E-state index in [1.165, 1.54) is 17.8 Å². The fraction of sp³-hybridized carbons (Fsp3) is 0.857. The third kappa shape index (κ3) is 0.506. The highest BCUT2D eigenvalue weighted by atomic mass is 14.8. The van der Waals surface area contributed by atoms with E-state index in [2.05, 4.69) is 12.2 Å². The molecule has 74 valence electrons. The van der Waals surface area contributed by atoms with Gasteiger partial charge < -0.3 is 0 Å². The Morgan fingerprint density at radius 3 is 2.50 bits per heavy atom. The van der Waals surface area contributed by atoms with E-state index in [1.807, 2.05) is 0 Å². The van der Waals surface area contributed by atoms with Gasteiger partial charge in [0.15, 0.2) is 0 Å². The number of hydrogen-bond donors (Lipinski definition) is 0. The maximum absolute atomic E-state index is 2.63. The molecular formula is C14H18. The lowest BCUT2D eigenvalue weighted by Crippen LogP contribution is -2.19. The van der Waals surface area contributed by atoms with Gasteiger partial charge in [-0.15, -0.1) is 0 Å². The average molecular weight is 186 g/mol. The van der Waals surface area contributed by atoms with Crippen molar-refractivity contribution in [1.82, 2.24) is 0 Å². The molecule has 5 rings (SSSR count). The molecule has 5 aliphatic rings. The highest BCUT2D eigenvalue weighted by Crippen LogP contribution is 2.86. The van der Waals surface area contributed by atoms with Crippen LogP contribution in [0.3, 0.4) is 0 Å². The zero-order valence-electron chi connectivity index (χ0n) is 8.65. The second kappa shape index (κ2) is 1.86. The smallest absolute Gasteiger partial charge is 0.0101 e. The first-order valence-corrected chi connectivity index (χ1v) is 6.62. The third-order valence-corrected chi connectivity index (χ3v) is 6.37. The highest BCUT2D eigenvalue weighted by Gasteiger charge is 2.81. The van der Waals surface area contributed by atoms with E-state index in [0.717, 1.165) is 23.2 Å². The fourth-order valence-electron chi connectivity index (χ4n) is 6.08. The van der Waals surface area contributed by atoms with Gasteiger partial charge in [0.2, 0.25) is 0 Å². The van der Waals surface area contributed by atoms with Gasteiger partial charge in [0.05, 0.1) is 0 Å². The van der Waals surface area contributed by atoms with Crippen molar-refractivity contribution in [3.63, 3.8) is 0 Å². The van der Waals surface area contributed by atoms with Crippen LogP contribution in [0.2, 0.25) is 0 Å². The van der Waals surface area contributed by atoms with Crippen molar-refractivity contribution in [3.8, 4) is 0 Å². The number of allylic oxidation sites excluding steroid dienone is 2. The van der Waals surface area contributed by atoms with E-state index in [9.17, 15) is 0 Å². The Balaban J connectivity index is 1.67. The first-order chi connectivity index (χ1) is 6.94. The summed E-state index contributed by atoms with van der Waals surface area (Å²) in [7, 11) is 0. The van der Waals surface area contributed by atoms with Crippen molar-refractivity contribution in [2.75, 3.05) is 0 Å². The zero-order valence-corrected chi connectivity index (χ0v) is 8.65. The minimum atomic E-state index is 0.885. The van der Waals surface area contributed by atoms with Crippen molar-refractivity contribution in [2.45, 2.75) is 32.1 Å². The van der Waals surface area contributed by atoms with Crippen molar-refractivity contribution in [3.05, 3.63) is 12.2 Å². The minimum absolute atomic E-state index is 0.885. The molecule has 0 saturated heterocycles. The second-order valence-electron chi connectivity index (χ2n) is 6.50. The van der Waals surface area contributed by atoms with E-state index in [0.29, 0.717) is 0 Å². The van der Waals surface area contributed by atoms with Crippen LogP contribution >= 0.6 is 0 Å². The molecule has 14 heavy (non-hydrogen) atoms. The number of fused-ring (bicyclic) bond motifs is 4. The van der Waals surface area contributed by atoms with Crippen LogP contribution in [0.25, 0.3) is 0 Å². The average Bonchev–Trinajstić information content (AvgIpc) is 3.03. The van der Waals surface area contributed by atoms with Gasteiger partial charge in [0.25, 0.3) is 0 Å². The minimum Gasteiger partial charge on any atom is -0.0842 e. The molecule has 0 heteroatoms. The Bertz CT molecular complexity index is 338. The predicted octanol–water partition coefficient (Wildman–Crippen LogP) is 3.24. The van der Waals surface area contributed by atoms with Crippen LogP contribution in [-0.2, 0) is 0 Å². The lowest BCUT2D eigenvalue weighted by atomic mass is 9.80. The van der Waals surface area contributed by atoms with Gasteiger partial charge in [0, 0.05) is 0 Å². The van der Waals surface area contributed by atoms with Crippen LogP contribution in [0.5, 0.6) is 0 Å². The molecule has 0 radical (unpaired) electrons. The van der Waals surface area contributed by atoms with Gasteiger partial charge in [-0.3, -0.25) is 0 Å². The summed E-state index contributed by atoms with van der Waals surface area (Å²) in [4.78, 5) is 0. The normalized spacial score (nSPS) is 67.0. The van der Waals surface area contributed by atoms with E-state index >= 15 is 0 Å². The summed E-state index contributed by atoms with van der Waals surface area (Å²) in [6, 6.07) is 0. The highest BCUT2D eigenvalue weighted by molar-refractivity contribution is 5.38. The van der Waals surface area contributed by atoms with Crippen LogP contribution in [0.15, 0.2) is 12.2 Å². The van der Waals surface area contributed by atoms with Crippen LogP contribution in [-0.4, -0.2) is 0 Å². The van der Waals surface area contributed by atoms with Crippen molar-refractivity contribution in [1.29, 1.82) is 0 Å². The molecule has 0 aromatic heterocycles. The summed E-state index contributed by atoms with van der Waals surface area (Å²) in [5.74, 6) is 6.77. The molecule has 0 amide bonds. The summed E-state index contributed by atoms with van der Waals surface area (Å²) in [5.41, 5.74) is 0.885. The van der Waals surface area contributed by atoms with Gasteiger partial charge in [-0.05, 0) is 66.6 Å². The quantitative estimate of drug-likeness (QED) is 0.551. The molecule has 6 atom stereocenters. The topological polar surface area (TPSA) is 0 Å². The van der Waals surface area contributed by atoms with Gasteiger partial charge in [0.1, 0.15) is 0 Å². The molecule has 0 nitrogen and oxygen atoms in total. The molecule has 4 saturated carbocycles. The molecule has 0 heterocycles. The van der Waals surface area contributed by atoms with Gasteiger partial charge >= 0.3 is 0 Å². The maximum atomic E-state index is 2.63.